The van der Waals surface area contributed by atoms with Crippen LogP contribution >= 0.6 is 0 Å². The number of hydrogen-bond donors (Lipinski definition) is 3. The smallest absolute Gasteiger partial charge is 0.338 e. The Kier molecular flexibility index (Phi) is 10.1. The Morgan fingerprint density at radius 3 is 2.52 bits per heavy atom. The summed E-state index contributed by atoms with van der Waals surface area (Å²) in [6.07, 6.45) is 4.43. The lowest BCUT2D eigenvalue weighted by atomic mass is 9.99. The van der Waals surface area contributed by atoms with Crippen LogP contribution in [0.25, 0.3) is 10.9 Å². The summed E-state index contributed by atoms with van der Waals surface area (Å²) in [5, 5.41) is 15.4. The highest BCUT2D eigenvalue weighted by Crippen LogP contribution is 2.23. The zero-order valence-electron chi connectivity index (χ0n) is 25.4. The number of anilines is 1. The van der Waals surface area contributed by atoms with Gasteiger partial charge >= 0.3 is 5.97 Å². The number of rotatable bonds is 14. The molecule has 4 aromatic rings. The molecule has 10 heteroatoms. The van der Waals surface area contributed by atoms with Crippen molar-refractivity contribution in [3.8, 4) is 0 Å². The fourth-order valence-electron chi connectivity index (χ4n) is 5.48. The highest BCUT2D eigenvalue weighted by atomic mass is 32.2. The number of aromatic nitrogens is 1. The van der Waals surface area contributed by atoms with E-state index in [1.807, 2.05) is 30.5 Å². The first-order chi connectivity index (χ1) is 21.1. The summed E-state index contributed by atoms with van der Waals surface area (Å²) in [6, 6.07) is 22.7. The third-order valence-corrected chi connectivity index (χ3v) is 9.57. The van der Waals surface area contributed by atoms with Crippen LogP contribution in [0.4, 0.5) is 5.69 Å². The second kappa shape index (κ2) is 13.9. The first-order valence-electron chi connectivity index (χ1n) is 15.2. The minimum Gasteiger partial charge on any atom is -0.461 e. The molecule has 1 atom stereocenters. The molecule has 1 fully saturated rings. The van der Waals surface area contributed by atoms with Crippen molar-refractivity contribution in [3.63, 3.8) is 0 Å². The van der Waals surface area contributed by atoms with E-state index in [1.54, 1.807) is 42.5 Å². The number of fused-ring (bicyclic) bond motifs is 1. The molecule has 2 heterocycles. The molecule has 0 spiro atoms. The molecule has 0 radical (unpaired) electrons. The normalized spacial score (nSPS) is 15.0. The van der Waals surface area contributed by atoms with Gasteiger partial charge in [0.1, 0.15) is 6.61 Å². The summed E-state index contributed by atoms with van der Waals surface area (Å²) in [7, 11) is -3.72. The Labute approximate surface area is 259 Å². The van der Waals surface area contributed by atoms with E-state index >= 15 is 0 Å². The molecule has 1 aliphatic rings. The highest BCUT2D eigenvalue weighted by Gasteiger charge is 2.21. The zero-order valence-corrected chi connectivity index (χ0v) is 26.2. The van der Waals surface area contributed by atoms with Crippen molar-refractivity contribution >= 4 is 32.6 Å². The largest absolute Gasteiger partial charge is 0.461 e. The van der Waals surface area contributed by atoms with Crippen molar-refractivity contribution in [2.45, 2.75) is 56.2 Å². The molecule has 3 aromatic carbocycles. The Morgan fingerprint density at radius 1 is 0.977 bits per heavy atom. The number of sulfonamides is 1. The number of carbonyl (C=O) groups is 1. The Bertz CT molecular complexity index is 1660. The standard InChI is InChI=1S/C34H42N4O5S/c1-34(2,35-25-32(39)27-9-8-10-29(24-27)36-44(41,42)30-11-4-3-5-12-30)16-20-38-19-15-26-23-28(13-14-31(26)38)33(40)43-22-21-37-17-6-7-18-37/h3-5,8-15,19,23-24,32,35-36,39H,6-7,16-18,20-22,25H2,1-2H3/t32-/m0/s1. The van der Waals surface area contributed by atoms with Crippen LogP contribution in [0.3, 0.4) is 0 Å². The van der Waals surface area contributed by atoms with Crippen LogP contribution in [-0.4, -0.2) is 67.3 Å². The molecule has 9 nitrogen and oxygen atoms in total. The summed E-state index contributed by atoms with van der Waals surface area (Å²) in [5.41, 5.74) is 2.32. The SMILES string of the molecule is CC(C)(CCn1ccc2cc(C(=O)OCCN3CCCC3)ccc21)NC[C@H](O)c1cccc(NS(=O)(=O)c2ccccc2)c1. The van der Waals surface area contributed by atoms with Gasteiger partial charge in [-0.2, -0.15) is 0 Å². The second-order valence-corrected chi connectivity index (χ2v) is 13.7. The Balaban J connectivity index is 1.12. The van der Waals surface area contributed by atoms with E-state index in [4.69, 9.17) is 4.74 Å². The highest BCUT2D eigenvalue weighted by molar-refractivity contribution is 7.92. The van der Waals surface area contributed by atoms with E-state index in [0.717, 1.165) is 43.5 Å². The van der Waals surface area contributed by atoms with Gasteiger partial charge in [0.15, 0.2) is 0 Å². The van der Waals surface area contributed by atoms with Crippen LogP contribution in [-0.2, 0) is 21.3 Å². The third-order valence-electron chi connectivity index (χ3n) is 8.17. The van der Waals surface area contributed by atoms with Gasteiger partial charge in [-0.25, -0.2) is 13.2 Å². The van der Waals surface area contributed by atoms with Crippen LogP contribution in [0.1, 0.15) is 55.1 Å². The van der Waals surface area contributed by atoms with Crippen LogP contribution in [0.5, 0.6) is 0 Å². The van der Waals surface area contributed by atoms with Gasteiger partial charge in [-0.15, -0.1) is 0 Å². The minimum absolute atomic E-state index is 0.177. The molecule has 5 rings (SSSR count). The number of nitrogens with one attached hydrogen (secondary N) is 2. The van der Waals surface area contributed by atoms with Crippen molar-refractivity contribution < 1.29 is 23.1 Å². The fraction of sp³-hybridized carbons (Fsp3) is 0.382. The average Bonchev–Trinajstić information content (AvgIpc) is 3.69. The summed E-state index contributed by atoms with van der Waals surface area (Å²) in [6.45, 7) is 8.59. The maximum Gasteiger partial charge on any atom is 0.338 e. The van der Waals surface area contributed by atoms with Crippen LogP contribution in [0, 0.1) is 0 Å². The molecule has 44 heavy (non-hydrogen) atoms. The van der Waals surface area contributed by atoms with Gasteiger partial charge in [-0.3, -0.25) is 9.62 Å². The summed E-state index contributed by atoms with van der Waals surface area (Å²) < 4.78 is 35.7. The summed E-state index contributed by atoms with van der Waals surface area (Å²) >= 11 is 0. The number of aliphatic hydroxyl groups is 1. The predicted octanol–water partition coefficient (Wildman–Crippen LogP) is 5.19. The maximum atomic E-state index is 12.7. The number of benzene rings is 3. The Hall–Kier alpha value is -3.70. The van der Waals surface area contributed by atoms with E-state index in [9.17, 15) is 18.3 Å². The molecule has 0 bridgehead atoms. The van der Waals surface area contributed by atoms with Crippen LogP contribution in [0.15, 0.2) is 90.0 Å². The fourth-order valence-corrected chi connectivity index (χ4v) is 6.55. The molecular formula is C34H42N4O5S. The number of ether oxygens (including phenoxy) is 1. The molecule has 3 N–H and O–H groups in total. The monoisotopic (exact) mass is 618 g/mol. The molecule has 1 aromatic heterocycles. The number of β-amino-alcohol motifs (C(OH)–C–C–N with tert-alkyl or cyclic N) is 1. The second-order valence-electron chi connectivity index (χ2n) is 12.0. The van der Waals surface area contributed by atoms with Crippen LogP contribution < -0.4 is 10.0 Å². The molecule has 0 aliphatic carbocycles. The maximum absolute atomic E-state index is 12.7. The molecule has 1 saturated heterocycles. The average molecular weight is 619 g/mol. The molecule has 1 aliphatic heterocycles. The first-order valence-corrected chi connectivity index (χ1v) is 16.7. The lowest BCUT2D eigenvalue weighted by molar-refractivity contribution is 0.0472. The van der Waals surface area contributed by atoms with Gasteiger partial charge in [-0.1, -0.05) is 30.3 Å². The van der Waals surface area contributed by atoms with Gasteiger partial charge < -0.3 is 19.7 Å². The van der Waals surface area contributed by atoms with Crippen molar-refractivity contribution in [3.05, 3.63) is 96.2 Å². The quantitative estimate of drug-likeness (QED) is 0.167. The van der Waals surface area contributed by atoms with Gasteiger partial charge in [0.2, 0.25) is 0 Å². The van der Waals surface area contributed by atoms with Gasteiger partial charge in [0, 0.05) is 48.0 Å². The van der Waals surface area contributed by atoms with Crippen molar-refractivity contribution in [1.82, 2.24) is 14.8 Å². The van der Waals surface area contributed by atoms with E-state index in [1.165, 1.54) is 25.0 Å². The number of carbonyl (C=O) groups excluding carboxylic acids is 1. The number of hydrogen-bond acceptors (Lipinski definition) is 7. The molecule has 0 saturated carbocycles. The number of likely N-dealkylation sites (tertiary alicyclic amines) is 1. The lowest BCUT2D eigenvalue weighted by Crippen LogP contribution is -2.42. The number of aliphatic hydroxyl groups excluding tert-OH is 1. The first kappa shape index (κ1) is 31.7. The lowest BCUT2D eigenvalue weighted by Gasteiger charge is -2.28. The van der Waals surface area contributed by atoms with Gasteiger partial charge in [0.25, 0.3) is 10.0 Å². The number of esters is 1. The molecule has 0 amide bonds. The van der Waals surface area contributed by atoms with E-state index < -0.39 is 16.1 Å². The van der Waals surface area contributed by atoms with Crippen molar-refractivity contribution in [2.24, 2.45) is 0 Å². The van der Waals surface area contributed by atoms with Crippen molar-refractivity contribution in [2.75, 3.05) is 37.5 Å². The summed E-state index contributed by atoms with van der Waals surface area (Å²) in [4.78, 5) is 15.1. The third kappa shape index (κ3) is 8.26. The van der Waals surface area contributed by atoms with Gasteiger partial charge in [0.05, 0.1) is 16.6 Å². The van der Waals surface area contributed by atoms with E-state index in [0.29, 0.717) is 30.0 Å². The Morgan fingerprint density at radius 2 is 1.75 bits per heavy atom. The topological polar surface area (TPSA) is 113 Å². The van der Waals surface area contributed by atoms with E-state index in [2.05, 4.69) is 33.4 Å². The molecule has 234 valence electrons. The van der Waals surface area contributed by atoms with Crippen LogP contribution in [0.2, 0.25) is 0 Å². The minimum atomic E-state index is -3.72. The number of aryl methyl sites for hydroxylation is 1. The zero-order chi connectivity index (χ0) is 31.2. The van der Waals surface area contributed by atoms with Crippen molar-refractivity contribution in [1.29, 1.82) is 0 Å². The summed E-state index contributed by atoms with van der Waals surface area (Å²) in [5.74, 6) is -0.290. The molecular weight excluding hydrogens is 576 g/mol. The van der Waals surface area contributed by atoms with Gasteiger partial charge in [-0.05, 0) is 100 Å². The molecule has 0 unspecified atom stereocenters. The van der Waals surface area contributed by atoms with E-state index in [-0.39, 0.29) is 16.4 Å². The number of nitrogens with zero attached hydrogens (tertiary/aromatic N) is 2. The predicted molar refractivity (Wildman–Crippen MR) is 173 cm³/mol.